The molecule has 6 heteroatoms. The maximum absolute atomic E-state index is 12.9. The number of nitrogens with zero attached hydrogens (tertiary/aromatic N) is 2. The van der Waals surface area contributed by atoms with E-state index in [-0.39, 0.29) is 12.7 Å². The van der Waals surface area contributed by atoms with Crippen LogP contribution in [0.5, 0.6) is 11.5 Å². The van der Waals surface area contributed by atoms with Crippen LogP contribution in [0.4, 0.5) is 0 Å². The van der Waals surface area contributed by atoms with Crippen LogP contribution in [0.3, 0.4) is 0 Å². The lowest BCUT2D eigenvalue weighted by atomic mass is 10.1. The van der Waals surface area contributed by atoms with Crippen molar-refractivity contribution in [3.8, 4) is 11.5 Å². The molecule has 0 saturated carbocycles. The van der Waals surface area contributed by atoms with E-state index >= 15 is 0 Å². The third-order valence-corrected chi connectivity index (χ3v) is 5.88. The van der Waals surface area contributed by atoms with Gasteiger partial charge in [0.05, 0.1) is 0 Å². The number of nitrogens with one attached hydrogen (secondary N) is 1. The molecule has 0 aliphatic carbocycles. The topological polar surface area (TPSA) is 55.7 Å². The Balaban J connectivity index is 1.25. The molecule has 1 N–H and O–H groups in total. The first-order valence-electron chi connectivity index (χ1n) is 10.3. The van der Waals surface area contributed by atoms with Crippen molar-refractivity contribution in [1.82, 2.24) is 14.8 Å². The van der Waals surface area contributed by atoms with Crippen molar-refractivity contribution < 1.29 is 14.3 Å². The van der Waals surface area contributed by atoms with E-state index in [0.29, 0.717) is 12.2 Å². The summed E-state index contributed by atoms with van der Waals surface area (Å²) in [4.78, 5) is 15.3. The smallest absolute Gasteiger partial charge is 0.268 e. The monoisotopic (exact) mass is 403 g/mol. The predicted molar refractivity (Wildman–Crippen MR) is 113 cm³/mol. The van der Waals surface area contributed by atoms with Crippen molar-refractivity contribution in [2.24, 2.45) is 7.05 Å². The van der Waals surface area contributed by atoms with E-state index in [1.807, 2.05) is 41.9 Å². The van der Waals surface area contributed by atoms with Gasteiger partial charge in [-0.05, 0) is 34.9 Å². The van der Waals surface area contributed by atoms with Gasteiger partial charge < -0.3 is 19.4 Å². The molecular weight excluding hydrogens is 378 g/mol. The Labute approximate surface area is 176 Å². The predicted octanol–water partition coefficient (Wildman–Crippen LogP) is 3.24. The van der Waals surface area contributed by atoms with Gasteiger partial charge in [0.25, 0.3) is 5.91 Å². The van der Waals surface area contributed by atoms with Crippen molar-refractivity contribution in [3.63, 3.8) is 0 Å². The molecule has 2 aliphatic rings. The molecule has 0 fully saturated rings. The lowest BCUT2D eigenvalue weighted by Gasteiger charge is -2.27. The molecule has 0 saturated heterocycles. The Kier molecular flexibility index (Phi) is 4.93. The van der Waals surface area contributed by atoms with Crippen LogP contribution >= 0.6 is 0 Å². The number of amides is 1. The zero-order valence-electron chi connectivity index (χ0n) is 17.1. The Morgan fingerprint density at radius 3 is 2.73 bits per heavy atom. The fourth-order valence-corrected chi connectivity index (χ4v) is 4.27. The largest absolute Gasteiger partial charge is 0.454 e. The molecule has 0 unspecified atom stereocenters. The highest BCUT2D eigenvalue weighted by molar-refractivity contribution is 5.93. The van der Waals surface area contributed by atoms with Crippen molar-refractivity contribution in [2.45, 2.75) is 26.1 Å². The molecule has 1 amide bonds. The third-order valence-electron chi connectivity index (χ3n) is 5.88. The van der Waals surface area contributed by atoms with Crippen LogP contribution in [-0.4, -0.2) is 28.7 Å². The van der Waals surface area contributed by atoms with Gasteiger partial charge in [-0.3, -0.25) is 9.69 Å². The van der Waals surface area contributed by atoms with Gasteiger partial charge in [-0.15, -0.1) is 0 Å². The van der Waals surface area contributed by atoms with Crippen LogP contribution in [0.1, 0.15) is 32.9 Å². The number of benzene rings is 2. The molecule has 2 aliphatic heterocycles. The molecule has 0 spiro atoms. The third kappa shape index (κ3) is 3.66. The second-order valence-electron chi connectivity index (χ2n) is 7.88. The summed E-state index contributed by atoms with van der Waals surface area (Å²) in [6.45, 7) is 3.50. The first kappa shape index (κ1) is 18.8. The molecule has 154 valence electrons. The molecular formula is C24H25N3O3. The zero-order chi connectivity index (χ0) is 20.5. The van der Waals surface area contributed by atoms with Gasteiger partial charge in [-0.2, -0.15) is 0 Å². The maximum Gasteiger partial charge on any atom is 0.268 e. The minimum absolute atomic E-state index is 0.0563. The number of ether oxygens (including phenoxy) is 2. The molecule has 0 radical (unpaired) electrons. The molecule has 2 aromatic carbocycles. The minimum Gasteiger partial charge on any atom is -0.454 e. The summed E-state index contributed by atoms with van der Waals surface area (Å²) in [6.07, 6.45) is 0.952. The van der Waals surface area contributed by atoms with Crippen LogP contribution in [0.25, 0.3) is 0 Å². The quantitative estimate of drug-likeness (QED) is 0.711. The molecule has 5 rings (SSSR count). The summed E-state index contributed by atoms with van der Waals surface area (Å²) in [5, 5.41) is 3.04. The van der Waals surface area contributed by atoms with Crippen molar-refractivity contribution in [3.05, 3.63) is 82.7 Å². The molecule has 3 aromatic rings. The SMILES string of the molecule is Cn1c(C(=O)NCc2ccc3c(c2)OCO3)cc2c1CCN(Cc1ccccc1)C2. The van der Waals surface area contributed by atoms with Crippen LogP contribution in [0, 0.1) is 0 Å². The molecule has 0 bridgehead atoms. The molecule has 0 atom stereocenters. The maximum atomic E-state index is 12.9. The summed E-state index contributed by atoms with van der Waals surface area (Å²) in [5.41, 5.74) is 5.52. The van der Waals surface area contributed by atoms with Crippen molar-refractivity contribution in [2.75, 3.05) is 13.3 Å². The van der Waals surface area contributed by atoms with Gasteiger partial charge in [0.15, 0.2) is 11.5 Å². The van der Waals surface area contributed by atoms with E-state index in [0.717, 1.165) is 43.1 Å². The summed E-state index contributed by atoms with van der Waals surface area (Å²) >= 11 is 0. The summed E-state index contributed by atoms with van der Waals surface area (Å²) in [7, 11) is 1.99. The zero-order valence-corrected chi connectivity index (χ0v) is 17.1. The first-order chi connectivity index (χ1) is 14.7. The highest BCUT2D eigenvalue weighted by atomic mass is 16.7. The number of fused-ring (bicyclic) bond motifs is 2. The van der Waals surface area contributed by atoms with Gasteiger partial charge in [0.2, 0.25) is 6.79 Å². The van der Waals surface area contributed by atoms with Gasteiger partial charge in [-0.25, -0.2) is 0 Å². The van der Waals surface area contributed by atoms with E-state index in [1.54, 1.807) is 0 Å². The Hall–Kier alpha value is -3.25. The minimum atomic E-state index is -0.0563. The van der Waals surface area contributed by atoms with Crippen LogP contribution < -0.4 is 14.8 Å². The van der Waals surface area contributed by atoms with Crippen molar-refractivity contribution in [1.29, 1.82) is 0 Å². The highest BCUT2D eigenvalue weighted by Crippen LogP contribution is 2.32. The van der Waals surface area contributed by atoms with Crippen LogP contribution in [-0.2, 0) is 33.1 Å². The average molecular weight is 403 g/mol. The molecule has 3 heterocycles. The fourth-order valence-electron chi connectivity index (χ4n) is 4.27. The van der Waals surface area contributed by atoms with E-state index in [2.05, 4.69) is 34.5 Å². The highest BCUT2D eigenvalue weighted by Gasteiger charge is 2.23. The second kappa shape index (κ2) is 7.88. The van der Waals surface area contributed by atoms with Crippen LogP contribution in [0.2, 0.25) is 0 Å². The molecule has 30 heavy (non-hydrogen) atoms. The number of rotatable bonds is 5. The Morgan fingerprint density at radius 1 is 1.03 bits per heavy atom. The standard InChI is InChI=1S/C24H25N3O3/c1-26-20-9-10-27(14-17-5-3-2-4-6-17)15-19(20)12-21(26)24(28)25-13-18-7-8-22-23(11-18)30-16-29-22/h2-8,11-12H,9-10,13-16H2,1H3,(H,25,28). The summed E-state index contributed by atoms with van der Waals surface area (Å²) in [6, 6.07) is 18.3. The first-order valence-corrected chi connectivity index (χ1v) is 10.3. The number of hydrogen-bond donors (Lipinski definition) is 1. The molecule has 1 aromatic heterocycles. The van der Waals surface area contributed by atoms with E-state index < -0.39 is 0 Å². The van der Waals surface area contributed by atoms with Crippen LogP contribution in [0.15, 0.2) is 54.6 Å². The lowest BCUT2D eigenvalue weighted by Crippen LogP contribution is -2.30. The van der Waals surface area contributed by atoms with Gasteiger partial charge >= 0.3 is 0 Å². The Morgan fingerprint density at radius 2 is 1.87 bits per heavy atom. The number of carbonyl (C=O) groups excluding carboxylic acids is 1. The molecule has 6 nitrogen and oxygen atoms in total. The van der Waals surface area contributed by atoms with E-state index in [9.17, 15) is 4.79 Å². The summed E-state index contributed by atoms with van der Waals surface area (Å²) in [5.74, 6) is 1.43. The second-order valence-corrected chi connectivity index (χ2v) is 7.88. The number of hydrogen-bond acceptors (Lipinski definition) is 4. The van der Waals surface area contributed by atoms with E-state index in [1.165, 1.54) is 16.8 Å². The Bertz CT molecular complexity index is 1070. The van der Waals surface area contributed by atoms with Gasteiger partial charge in [-0.1, -0.05) is 36.4 Å². The lowest BCUT2D eigenvalue weighted by molar-refractivity contribution is 0.0942. The van der Waals surface area contributed by atoms with E-state index in [4.69, 9.17) is 9.47 Å². The summed E-state index contributed by atoms with van der Waals surface area (Å²) < 4.78 is 12.8. The van der Waals surface area contributed by atoms with Gasteiger partial charge in [0, 0.05) is 45.3 Å². The normalized spacial score (nSPS) is 15.1. The number of aromatic nitrogens is 1. The number of carbonyl (C=O) groups is 1. The average Bonchev–Trinajstić information content (AvgIpc) is 3.36. The fraction of sp³-hybridized carbons (Fsp3) is 0.292. The van der Waals surface area contributed by atoms with Crippen molar-refractivity contribution >= 4 is 5.91 Å². The van der Waals surface area contributed by atoms with Gasteiger partial charge in [0.1, 0.15) is 5.69 Å².